The molecule has 3 N–H and O–H groups in total. The topological polar surface area (TPSA) is 134 Å². The molecule has 0 rings (SSSR count). The maximum atomic E-state index is 12.5. The van der Waals surface area contributed by atoms with Crippen LogP contribution < -0.4 is 5.73 Å². The fourth-order valence-corrected chi connectivity index (χ4v) is 5.48. The van der Waals surface area contributed by atoms with E-state index in [0.29, 0.717) is 12.8 Å². The lowest BCUT2D eigenvalue weighted by Crippen LogP contribution is -2.29. The number of esters is 2. The summed E-state index contributed by atoms with van der Waals surface area (Å²) in [5, 5.41) is 0. The second-order valence-electron chi connectivity index (χ2n) is 12.4. The molecule has 0 bridgehead atoms. The minimum atomic E-state index is -4.39. The summed E-state index contributed by atoms with van der Waals surface area (Å²) in [6.45, 7) is 3.49. The van der Waals surface area contributed by atoms with Crippen molar-refractivity contribution in [2.24, 2.45) is 5.73 Å². The van der Waals surface area contributed by atoms with Gasteiger partial charge in [-0.15, -0.1) is 0 Å². The molecular formula is C41H70NO8P. The summed E-state index contributed by atoms with van der Waals surface area (Å²) in [5.74, 6) is -0.902. The van der Waals surface area contributed by atoms with Crippen LogP contribution in [0.25, 0.3) is 0 Å². The highest BCUT2D eigenvalue weighted by Gasteiger charge is 2.25. The number of unbranched alkanes of at least 4 members (excludes halogenated alkanes) is 10. The molecule has 292 valence electrons. The molecule has 0 aromatic heterocycles. The molecule has 10 heteroatoms. The van der Waals surface area contributed by atoms with Crippen LogP contribution in [0.5, 0.6) is 0 Å². The number of carbonyl (C=O) groups is 2. The van der Waals surface area contributed by atoms with E-state index in [1.165, 1.54) is 25.7 Å². The first-order chi connectivity index (χ1) is 24.8. The van der Waals surface area contributed by atoms with Crippen molar-refractivity contribution < 1.29 is 37.6 Å². The smallest absolute Gasteiger partial charge is 0.462 e. The number of rotatable bonds is 35. The number of nitrogens with two attached hydrogens (primary N) is 1. The molecule has 0 fully saturated rings. The van der Waals surface area contributed by atoms with Gasteiger partial charge in [0.25, 0.3) is 0 Å². The number of phosphoric acid groups is 1. The average molecular weight is 736 g/mol. The molecule has 9 nitrogen and oxygen atoms in total. The fraction of sp³-hybridized carbons (Fsp3) is 0.659. The van der Waals surface area contributed by atoms with Crippen molar-refractivity contribution in [3.8, 4) is 0 Å². The predicted octanol–water partition coefficient (Wildman–Crippen LogP) is 10.7. The Morgan fingerprint density at radius 3 is 1.65 bits per heavy atom. The Morgan fingerprint density at radius 1 is 0.608 bits per heavy atom. The van der Waals surface area contributed by atoms with Crippen molar-refractivity contribution in [1.29, 1.82) is 0 Å². The van der Waals surface area contributed by atoms with Gasteiger partial charge in [-0.3, -0.25) is 18.6 Å². The Kier molecular flexibility index (Phi) is 35.4. The zero-order chi connectivity index (χ0) is 37.5. The van der Waals surface area contributed by atoms with Crippen molar-refractivity contribution in [3.05, 3.63) is 72.9 Å². The van der Waals surface area contributed by atoms with Crippen LogP contribution >= 0.6 is 7.82 Å². The third-order valence-corrected chi connectivity index (χ3v) is 8.56. The summed E-state index contributed by atoms with van der Waals surface area (Å²) in [5.41, 5.74) is 5.33. The number of hydrogen-bond donors (Lipinski definition) is 2. The fourth-order valence-electron chi connectivity index (χ4n) is 4.71. The van der Waals surface area contributed by atoms with Crippen LogP contribution in [0.3, 0.4) is 0 Å². The van der Waals surface area contributed by atoms with E-state index < -0.39 is 32.5 Å². The quantitative estimate of drug-likeness (QED) is 0.0282. The van der Waals surface area contributed by atoms with Crippen LogP contribution in [0.1, 0.15) is 142 Å². The van der Waals surface area contributed by atoms with Gasteiger partial charge in [0.2, 0.25) is 0 Å². The van der Waals surface area contributed by atoms with Gasteiger partial charge in [0, 0.05) is 19.4 Å². The largest absolute Gasteiger partial charge is 0.472 e. The maximum absolute atomic E-state index is 12.5. The molecule has 0 aliphatic rings. The van der Waals surface area contributed by atoms with Crippen LogP contribution in [0.4, 0.5) is 0 Å². The predicted molar refractivity (Wildman–Crippen MR) is 210 cm³/mol. The highest BCUT2D eigenvalue weighted by atomic mass is 31.2. The normalized spacial score (nSPS) is 14.2. The highest BCUT2D eigenvalue weighted by Crippen LogP contribution is 2.43. The van der Waals surface area contributed by atoms with Crippen LogP contribution in [-0.2, 0) is 32.7 Å². The summed E-state index contributed by atoms with van der Waals surface area (Å²) in [6, 6.07) is 0. The van der Waals surface area contributed by atoms with E-state index in [0.717, 1.165) is 77.0 Å². The third kappa shape index (κ3) is 37.0. The molecule has 0 saturated heterocycles. The number of ether oxygens (including phenoxy) is 2. The number of hydrogen-bond acceptors (Lipinski definition) is 8. The molecule has 0 saturated carbocycles. The van der Waals surface area contributed by atoms with Crippen molar-refractivity contribution in [3.63, 3.8) is 0 Å². The molecule has 0 amide bonds. The first-order valence-corrected chi connectivity index (χ1v) is 20.9. The first-order valence-electron chi connectivity index (χ1n) is 19.4. The van der Waals surface area contributed by atoms with Crippen molar-refractivity contribution in [1.82, 2.24) is 0 Å². The molecule has 2 atom stereocenters. The summed E-state index contributed by atoms with van der Waals surface area (Å²) >= 11 is 0. The van der Waals surface area contributed by atoms with Gasteiger partial charge in [-0.25, -0.2) is 4.57 Å². The minimum absolute atomic E-state index is 0.0414. The Bertz CT molecular complexity index is 1070. The number of phosphoric ester groups is 1. The molecule has 0 heterocycles. The average Bonchev–Trinajstić information content (AvgIpc) is 3.11. The van der Waals surface area contributed by atoms with Gasteiger partial charge in [-0.05, 0) is 83.5 Å². The third-order valence-electron chi connectivity index (χ3n) is 7.58. The van der Waals surface area contributed by atoms with E-state index in [4.69, 9.17) is 24.3 Å². The minimum Gasteiger partial charge on any atom is -0.462 e. The van der Waals surface area contributed by atoms with Gasteiger partial charge in [0.1, 0.15) is 6.61 Å². The first kappa shape index (κ1) is 48.5. The highest BCUT2D eigenvalue weighted by molar-refractivity contribution is 7.47. The Labute approximate surface area is 310 Å². The van der Waals surface area contributed by atoms with Crippen LogP contribution in [0.2, 0.25) is 0 Å². The lowest BCUT2D eigenvalue weighted by atomic mass is 10.1. The summed E-state index contributed by atoms with van der Waals surface area (Å²) < 4.78 is 32.6. The van der Waals surface area contributed by atoms with Gasteiger partial charge in [-0.2, -0.15) is 0 Å². The van der Waals surface area contributed by atoms with Crippen molar-refractivity contribution >= 4 is 19.8 Å². The SMILES string of the molecule is CCC=CCC=CCC=CCC=CCCCCC(=O)OCC(COP(=O)(O)OCCN)OC(=O)CCCCCCCC=CCC=CCCCCC. The Balaban J connectivity index is 4.33. The molecule has 0 aliphatic heterocycles. The zero-order valence-corrected chi connectivity index (χ0v) is 32.7. The van der Waals surface area contributed by atoms with Crippen molar-refractivity contribution in [2.75, 3.05) is 26.4 Å². The van der Waals surface area contributed by atoms with Gasteiger partial charge < -0.3 is 20.1 Å². The van der Waals surface area contributed by atoms with E-state index in [2.05, 4.69) is 86.8 Å². The number of allylic oxidation sites excluding steroid dienone is 12. The van der Waals surface area contributed by atoms with Crippen LogP contribution in [-0.4, -0.2) is 49.3 Å². The monoisotopic (exact) mass is 735 g/mol. The summed E-state index contributed by atoms with van der Waals surface area (Å²) in [7, 11) is -4.39. The second kappa shape index (κ2) is 37.2. The zero-order valence-electron chi connectivity index (χ0n) is 31.8. The standard InChI is InChI=1S/C41H70NO8P/c1-3-5-7-9-11-13-15-17-19-21-23-25-27-29-31-33-40(43)47-37-39(38-49-51(45,46)48-36-35-42)50-41(44)34-32-30-28-26-24-22-20-18-16-14-12-10-8-6-4-2/h5,7,11-14,17-20,23,25,39H,3-4,6,8-10,15-16,21-22,24,26-38,42H2,1-2H3,(H,45,46). The van der Waals surface area contributed by atoms with E-state index in [-0.39, 0.29) is 32.6 Å². The lowest BCUT2D eigenvalue weighted by molar-refractivity contribution is -0.161. The van der Waals surface area contributed by atoms with Gasteiger partial charge in [-0.1, -0.05) is 119 Å². The number of carbonyl (C=O) groups excluding carboxylic acids is 2. The van der Waals surface area contributed by atoms with E-state index in [9.17, 15) is 19.0 Å². The Hall–Kier alpha value is -2.55. The van der Waals surface area contributed by atoms with Crippen molar-refractivity contribution in [2.45, 2.75) is 148 Å². The molecule has 0 spiro atoms. The van der Waals surface area contributed by atoms with Gasteiger partial charge in [0.05, 0.1) is 13.2 Å². The van der Waals surface area contributed by atoms with Crippen LogP contribution in [0, 0.1) is 0 Å². The van der Waals surface area contributed by atoms with E-state index >= 15 is 0 Å². The molecule has 2 unspecified atom stereocenters. The summed E-state index contributed by atoms with van der Waals surface area (Å²) in [4.78, 5) is 34.7. The van der Waals surface area contributed by atoms with Gasteiger partial charge >= 0.3 is 19.8 Å². The second-order valence-corrected chi connectivity index (χ2v) is 13.9. The molecule has 0 aromatic carbocycles. The van der Waals surface area contributed by atoms with E-state index in [1.807, 2.05) is 0 Å². The molecule has 0 aliphatic carbocycles. The molecule has 51 heavy (non-hydrogen) atoms. The Morgan fingerprint density at radius 2 is 1.08 bits per heavy atom. The lowest BCUT2D eigenvalue weighted by Gasteiger charge is -2.19. The molecule has 0 aromatic rings. The van der Waals surface area contributed by atoms with E-state index in [1.54, 1.807) is 0 Å². The summed E-state index contributed by atoms with van der Waals surface area (Å²) in [6.07, 6.45) is 43.6. The molecular weight excluding hydrogens is 665 g/mol. The maximum Gasteiger partial charge on any atom is 0.472 e. The molecule has 0 radical (unpaired) electrons. The van der Waals surface area contributed by atoms with Crippen LogP contribution in [0.15, 0.2) is 72.9 Å². The van der Waals surface area contributed by atoms with Gasteiger partial charge in [0.15, 0.2) is 6.10 Å².